The van der Waals surface area contributed by atoms with Gasteiger partial charge in [-0.2, -0.15) is 0 Å². The predicted molar refractivity (Wildman–Crippen MR) is 107 cm³/mol. The number of nitrogens with zero attached hydrogens (tertiary/aromatic N) is 1. The molecule has 0 bridgehead atoms. The number of thiazole rings is 1. The number of anilines is 1. The van der Waals surface area contributed by atoms with Crippen LogP contribution in [-0.4, -0.2) is 15.9 Å². The second-order valence-corrected chi connectivity index (χ2v) is 6.93. The number of fused-ring (bicyclic) bond motifs is 1. The molecule has 8 heteroatoms. The van der Waals surface area contributed by atoms with E-state index in [0.29, 0.717) is 26.9 Å². The summed E-state index contributed by atoms with van der Waals surface area (Å²) in [5, 5.41) is 5.69. The van der Waals surface area contributed by atoms with E-state index in [4.69, 9.17) is 16.0 Å². The molecule has 2 heterocycles. The van der Waals surface area contributed by atoms with Gasteiger partial charge < -0.3 is 4.42 Å². The van der Waals surface area contributed by atoms with Gasteiger partial charge in [0.25, 0.3) is 0 Å². The van der Waals surface area contributed by atoms with Crippen molar-refractivity contribution in [3.8, 4) is 11.3 Å². The lowest BCUT2D eigenvalue weighted by atomic mass is 10.1. The molecule has 0 unspecified atom stereocenters. The third-order valence-corrected chi connectivity index (χ3v) is 4.76. The molecule has 2 aromatic carbocycles. The minimum Gasteiger partial charge on any atom is -0.408 e. The monoisotopic (exact) mass is 397 g/mol. The normalized spacial score (nSPS) is 11.3. The smallest absolute Gasteiger partial charge is 0.408 e. The zero-order valence-electron chi connectivity index (χ0n) is 13.7. The van der Waals surface area contributed by atoms with Gasteiger partial charge in [-0.3, -0.25) is 15.1 Å². The van der Waals surface area contributed by atoms with Gasteiger partial charge in [-0.15, -0.1) is 11.3 Å². The van der Waals surface area contributed by atoms with Crippen molar-refractivity contribution in [3.05, 3.63) is 75.1 Å². The number of amides is 1. The van der Waals surface area contributed by atoms with Gasteiger partial charge in [0.15, 0.2) is 10.7 Å². The van der Waals surface area contributed by atoms with Crippen molar-refractivity contribution < 1.29 is 9.21 Å². The molecule has 4 aromatic rings. The first-order valence-corrected chi connectivity index (χ1v) is 9.16. The largest absolute Gasteiger partial charge is 0.417 e. The van der Waals surface area contributed by atoms with E-state index in [1.54, 1.807) is 36.4 Å². The Morgan fingerprint density at radius 2 is 2.04 bits per heavy atom. The van der Waals surface area contributed by atoms with E-state index in [-0.39, 0.29) is 5.91 Å². The second kappa shape index (κ2) is 7.22. The molecule has 0 saturated carbocycles. The van der Waals surface area contributed by atoms with Gasteiger partial charge >= 0.3 is 5.76 Å². The van der Waals surface area contributed by atoms with E-state index in [1.165, 1.54) is 17.4 Å². The van der Waals surface area contributed by atoms with Crippen LogP contribution >= 0.6 is 22.9 Å². The Bertz CT molecular complexity index is 1200. The average Bonchev–Trinajstić information content (AvgIpc) is 3.26. The molecule has 6 nitrogen and oxygen atoms in total. The van der Waals surface area contributed by atoms with Crippen molar-refractivity contribution in [2.45, 2.75) is 0 Å². The molecule has 0 aliphatic rings. The first-order chi connectivity index (χ1) is 13.1. The summed E-state index contributed by atoms with van der Waals surface area (Å²) in [5.41, 5.74) is 3.47. The van der Waals surface area contributed by atoms with Gasteiger partial charge in [-0.1, -0.05) is 23.7 Å². The first kappa shape index (κ1) is 17.3. The number of nitrogens with one attached hydrogen (secondary N) is 2. The number of aromatic amines is 1. The number of halogens is 1. The van der Waals surface area contributed by atoms with Crippen molar-refractivity contribution in [3.63, 3.8) is 0 Å². The van der Waals surface area contributed by atoms with Crippen LogP contribution in [0.1, 0.15) is 5.56 Å². The summed E-state index contributed by atoms with van der Waals surface area (Å²) in [5.74, 6) is -0.777. The fraction of sp³-hybridized carbons (Fsp3) is 0. The highest BCUT2D eigenvalue weighted by atomic mass is 35.5. The minimum atomic E-state index is -0.499. The molecule has 134 valence electrons. The standard InChI is InChI=1S/C19H12ClN3O3S/c20-13-5-1-11(2-6-13)3-8-17(24)23-18-21-15(10-27-18)12-4-7-16-14(9-12)22-19(25)26-16/h1-10H,(H,22,25)(H,21,23,24)/b8-3+. The number of H-pyrrole nitrogens is 1. The Morgan fingerprint density at radius 3 is 2.85 bits per heavy atom. The summed E-state index contributed by atoms with van der Waals surface area (Å²) >= 11 is 7.15. The number of benzene rings is 2. The maximum Gasteiger partial charge on any atom is 0.417 e. The maximum atomic E-state index is 12.1. The van der Waals surface area contributed by atoms with Crippen LogP contribution in [0.3, 0.4) is 0 Å². The zero-order chi connectivity index (χ0) is 18.8. The molecule has 4 rings (SSSR count). The molecular formula is C19H12ClN3O3S. The van der Waals surface area contributed by atoms with Crippen LogP contribution in [0.4, 0.5) is 5.13 Å². The third kappa shape index (κ3) is 3.99. The quantitative estimate of drug-likeness (QED) is 0.494. The van der Waals surface area contributed by atoms with E-state index >= 15 is 0 Å². The number of hydrogen-bond acceptors (Lipinski definition) is 5. The second-order valence-electron chi connectivity index (χ2n) is 5.64. The van der Waals surface area contributed by atoms with Crippen LogP contribution in [0.2, 0.25) is 5.02 Å². The fourth-order valence-corrected chi connectivity index (χ4v) is 3.32. The Kier molecular flexibility index (Phi) is 4.62. The van der Waals surface area contributed by atoms with Gasteiger partial charge in [-0.05, 0) is 42.0 Å². The predicted octanol–water partition coefficient (Wildman–Crippen LogP) is 4.55. The van der Waals surface area contributed by atoms with E-state index in [1.807, 2.05) is 17.5 Å². The zero-order valence-corrected chi connectivity index (χ0v) is 15.3. The molecule has 1 amide bonds. The van der Waals surface area contributed by atoms with Crippen molar-refractivity contribution in [1.82, 2.24) is 9.97 Å². The highest BCUT2D eigenvalue weighted by molar-refractivity contribution is 7.14. The molecule has 0 saturated heterocycles. The first-order valence-electron chi connectivity index (χ1n) is 7.90. The number of carbonyl (C=O) groups excluding carboxylic acids is 1. The molecule has 0 atom stereocenters. The van der Waals surface area contributed by atoms with Gasteiger partial charge in [-0.25, -0.2) is 9.78 Å². The number of aromatic nitrogens is 2. The Hall–Kier alpha value is -3.16. The lowest BCUT2D eigenvalue weighted by Crippen LogP contribution is -2.07. The fourth-order valence-electron chi connectivity index (χ4n) is 2.47. The van der Waals surface area contributed by atoms with E-state index in [0.717, 1.165) is 11.1 Å². The molecule has 0 radical (unpaired) electrons. The molecule has 0 spiro atoms. The molecule has 27 heavy (non-hydrogen) atoms. The van der Waals surface area contributed by atoms with Crippen molar-refractivity contribution in [2.75, 3.05) is 5.32 Å². The summed E-state index contributed by atoms with van der Waals surface area (Å²) in [6, 6.07) is 12.5. The molecule has 2 N–H and O–H groups in total. The van der Waals surface area contributed by atoms with Crippen LogP contribution < -0.4 is 11.1 Å². The van der Waals surface area contributed by atoms with Gasteiger partial charge in [0.1, 0.15) is 0 Å². The summed E-state index contributed by atoms with van der Waals surface area (Å²) in [6.45, 7) is 0. The minimum absolute atomic E-state index is 0.277. The van der Waals surface area contributed by atoms with Crippen LogP contribution in [-0.2, 0) is 4.79 Å². The number of rotatable bonds is 4. The summed E-state index contributed by atoms with van der Waals surface area (Å²) in [6.07, 6.45) is 3.13. The molecule has 2 aromatic heterocycles. The van der Waals surface area contributed by atoms with Crippen molar-refractivity contribution in [1.29, 1.82) is 0 Å². The number of hydrogen-bond donors (Lipinski definition) is 2. The SMILES string of the molecule is O=C(/C=C/c1ccc(Cl)cc1)Nc1nc(-c2ccc3oc(=O)[nH]c3c2)cs1. The maximum absolute atomic E-state index is 12.1. The Morgan fingerprint density at radius 1 is 1.22 bits per heavy atom. The van der Waals surface area contributed by atoms with Crippen LogP contribution in [0.25, 0.3) is 28.4 Å². The van der Waals surface area contributed by atoms with E-state index in [2.05, 4.69) is 15.3 Å². The van der Waals surface area contributed by atoms with Gasteiger partial charge in [0, 0.05) is 22.0 Å². The van der Waals surface area contributed by atoms with Crippen LogP contribution in [0.5, 0.6) is 0 Å². The highest BCUT2D eigenvalue weighted by Gasteiger charge is 2.09. The lowest BCUT2D eigenvalue weighted by Gasteiger charge is -1.98. The highest BCUT2D eigenvalue weighted by Crippen LogP contribution is 2.27. The topological polar surface area (TPSA) is 88.0 Å². The summed E-state index contributed by atoms with van der Waals surface area (Å²) < 4.78 is 4.99. The van der Waals surface area contributed by atoms with Crippen molar-refractivity contribution in [2.24, 2.45) is 0 Å². The Balaban J connectivity index is 1.47. The molecule has 0 aliphatic heterocycles. The van der Waals surface area contributed by atoms with E-state index in [9.17, 15) is 9.59 Å². The summed E-state index contributed by atoms with van der Waals surface area (Å²) in [7, 11) is 0. The number of oxazole rings is 1. The average molecular weight is 398 g/mol. The summed E-state index contributed by atoms with van der Waals surface area (Å²) in [4.78, 5) is 30.3. The van der Waals surface area contributed by atoms with Gasteiger partial charge in [0.2, 0.25) is 5.91 Å². The molecular weight excluding hydrogens is 386 g/mol. The number of carbonyl (C=O) groups is 1. The van der Waals surface area contributed by atoms with Crippen LogP contribution in [0, 0.1) is 0 Å². The van der Waals surface area contributed by atoms with Crippen LogP contribution in [0.15, 0.2) is 63.1 Å². The van der Waals surface area contributed by atoms with E-state index < -0.39 is 5.76 Å². The molecule has 0 aliphatic carbocycles. The Labute approximate surface area is 162 Å². The van der Waals surface area contributed by atoms with Gasteiger partial charge in [0.05, 0.1) is 11.2 Å². The third-order valence-electron chi connectivity index (χ3n) is 3.75. The van der Waals surface area contributed by atoms with Crippen molar-refractivity contribution >= 4 is 51.2 Å². The molecule has 0 fully saturated rings. The lowest BCUT2D eigenvalue weighted by molar-refractivity contribution is -0.111.